The highest BCUT2D eigenvalue weighted by atomic mass is 32.2. The van der Waals surface area contributed by atoms with E-state index in [0.29, 0.717) is 11.8 Å². The Balaban J connectivity index is 1.81. The lowest BCUT2D eigenvalue weighted by atomic mass is 9.96. The van der Waals surface area contributed by atoms with Crippen LogP contribution in [0.25, 0.3) is 0 Å². The monoisotopic (exact) mass is 296 g/mol. The van der Waals surface area contributed by atoms with Crippen LogP contribution in [-0.4, -0.2) is 19.4 Å². The van der Waals surface area contributed by atoms with E-state index in [9.17, 15) is 18.5 Å². The van der Waals surface area contributed by atoms with E-state index in [2.05, 4.69) is 4.72 Å². The minimum atomic E-state index is -3.68. The molecule has 0 radical (unpaired) electrons. The average molecular weight is 296 g/mol. The van der Waals surface area contributed by atoms with Gasteiger partial charge in [-0.2, -0.15) is 0 Å². The topological polar surface area (TPSA) is 89.3 Å². The molecule has 2 aliphatic rings. The number of nitro groups is 1. The maximum absolute atomic E-state index is 12.3. The SMILES string of the molecule is O=[N+]([O-])c1cccc(S(=O)(=O)N[C@H]2C[C@@H]3CC[C@@H]2C3)c1. The van der Waals surface area contributed by atoms with Crippen molar-refractivity contribution < 1.29 is 13.3 Å². The van der Waals surface area contributed by atoms with Crippen molar-refractivity contribution in [2.75, 3.05) is 0 Å². The molecule has 0 amide bonds. The predicted molar refractivity (Wildman–Crippen MR) is 72.7 cm³/mol. The molecule has 3 rings (SSSR count). The zero-order chi connectivity index (χ0) is 14.3. The Morgan fingerprint density at radius 3 is 2.65 bits per heavy atom. The van der Waals surface area contributed by atoms with Gasteiger partial charge in [0.1, 0.15) is 0 Å². The van der Waals surface area contributed by atoms with Gasteiger partial charge in [-0.05, 0) is 37.2 Å². The van der Waals surface area contributed by atoms with Crippen molar-refractivity contribution in [2.45, 2.75) is 36.6 Å². The minimum Gasteiger partial charge on any atom is -0.258 e. The molecular weight excluding hydrogens is 280 g/mol. The fraction of sp³-hybridized carbons (Fsp3) is 0.538. The van der Waals surface area contributed by atoms with Gasteiger partial charge in [-0.15, -0.1) is 0 Å². The zero-order valence-electron chi connectivity index (χ0n) is 10.9. The molecule has 3 atom stereocenters. The molecule has 0 unspecified atom stereocenters. The number of rotatable bonds is 4. The zero-order valence-corrected chi connectivity index (χ0v) is 11.7. The minimum absolute atomic E-state index is 0.0157. The van der Waals surface area contributed by atoms with E-state index in [1.807, 2.05) is 0 Å². The van der Waals surface area contributed by atoms with Gasteiger partial charge in [-0.3, -0.25) is 10.1 Å². The first kappa shape index (κ1) is 13.5. The Hall–Kier alpha value is -1.47. The molecular formula is C13H16N2O4S. The Labute approximate surface area is 117 Å². The quantitative estimate of drug-likeness (QED) is 0.680. The fourth-order valence-corrected chi connectivity index (χ4v) is 4.78. The Morgan fingerprint density at radius 2 is 2.05 bits per heavy atom. The van der Waals surface area contributed by atoms with Crippen molar-refractivity contribution in [3.63, 3.8) is 0 Å². The van der Waals surface area contributed by atoms with Gasteiger partial charge in [0, 0.05) is 18.2 Å². The first-order valence-electron chi connectivity index (χ1n) is 6.72. The molecule has 7 heteroatoms. The summed E-state index contributed by atoms with van der Waals surface area (Å²) in [6.45, 7) is 0. The summed E-state index contributed by atoms with van der Waals surface area (Å²) in [5, 5.41) is 10.7. The number of hydrogen-bond donors (Lipinski definition) is 1. The van der Waals surface area contributed by atoms with Crippen molar-refractivity contribution in [1.29, 1.82) is 0 Å². The summed E-state index contributed by atoms with van der Waals surface area (Å²) < 4.78 is 27.3. The first-order valence-corrected chi connectivity index (χ1v) is 8.21. The van der Waals surface area contributed by atoms with Gasteiger partial charge in [0.05, 0.1) is 9.82 Å². The fourth-order valence-electron chi connectivity index (χ4n) is 3.42. The smallest absolute Gasteiger partial charge is 0.258 e. The third-order valence-electron chi connectivity index (χ3n) is 4.38. The van der Waals surface area contributed by atoms with E-state index in [4.69, 9.17) is 0 Å². The number of benzene rings is 1. The molecule has 0 aliphatic heterocycles. The van der Waals surface area contributed by atoms with Gasteiger partial charge in [0.15, 0.2) is 0 Å². The molecule has 0 spiro atoms. The normalized spacial score (nSPS) is 28.7. The summed E-state index contributed by atoms with van der Waals surface area (Å²) in [7, 11) is -3.68. The summed E-state index contributed by atoms with van der Waals surface area (Å²) in [4.78, 5) is 10.1. The highest BCUT2D eigenvalue weighted by Crippen LogP contribution is 2.44. The molecule has 1 aromatic rings. The second kappa shape index (κ2) is 4.82. The van der Waals surface area contributed by atoms with Crippen molar-refractivity contribution in [2.24, 2.45) is 11.8 Å². The molecule has 2 aliphatic carbocycles. The average Bonchev–Trinajstić information content (AvgIpc) is 3.00. The number of non-ortho nitro benzene ring substituents is 1. The maximum atomic E-state index is 12.3. The van der Waals surface area contributed by atoms with Crippen LogP contribution in [0.3, 0.4) is 0 Å². The van der Waals surface area contributed by atoms with Gasteiger partial charge >= 0.3 is 0 Å². The van der Waals surface area contributed by atoms with Gasteiger partial charge in [-0.1, -0.05) is 12.5 Å². The van der Waals surface area contributed by atoms with Crippen molar-refractivity contribution >= 4 is 15.7 Å². The van der Waals surface area contributed by atoms with E-state index in [1.54, 1.807) is 0 Å². The molecule has 2 fully saturated rings. The molecule has 1 aromatic carbocycles. The molecule has 2 bridgehead atoms. The van der Waals surface area contributed by atoms with Crippen LogP contribution < -0.4 is 4.72 Å². The van der Waals surface area contributed by atoms with Crippen LogP contribution in [0.1, 0.15) is 25.7 Å². The van der Waals surface area contributed by atoms with Crippen LogP contribution in [0.15, 0.2) is 29.2 Å². The van der Waals surface area contributed by atoms with Crippen LogP contribution >= 0.6 is 0 Å². The molecule has 1 N–H and O–H groups in total. The number of hydrogen-bond acceptors (Lipinski definition) is 4. The molecule has 108 valence electrons. The van der Waals surface area contributed by atoms with Crippen molar-refractivity contribution in [1.82, 2.24) is 4.72 Å². The number of sulfonamides is 1. The third-order valence-corrected chi connectivity index (χ3v) is 5.87. The Morgan fingerprint density at radius 1 is 1.25 bits per heavy atom. The molecule has 0 heterocycles. The third kappa shape index (κ3) is 2.43. The Bertz CT molecular complexity index is 644. The number of nitrogens with one attached hydrogen (secondary N) is 1. The second-order valence-electron chi connectivity index (χ2n) is 5.66. The van der Waals surface area contributed by atoms with Crippen LogP contribution in [-0.2, 0) is 10.0 Å². The number of fused-ring (bicyclic) bond motifs is 2. The molecule has 0 saturated heterocycles. The van der Waals surface area contributed by atoms with Crippen LogP contribution in [0.2, 0.25) is 0 Å². The van der Waals surface area contributed by atoms with E-state index in [0.717, 1.165) is 25.3 Å². The summed E-state index contributed by atoms with van der Waals surface area (Å²) in [5.41, 5.74) is -0.208. The van der Waals surface area contributed by atoms with Crippen molar-refractivity contribution in [3.05, 3.63) is 34.4 Å². The van der Waals surface area contributed by atoms with Crippen molar-refractivity contribution in [3.8, 4) is 0 Å². The lowest BCUT2D eigenvalue weighted by Gasteiger charge is -2.22. The van der Waals surface area contributed by atoms with E-state index >= 15 is 0 Å². The molecule has 2 saturated carbocycles. The highest BCUT2D eigenvalue weighted by Gasteiger charge is 2.41. The number of nitro benzene ring substituents is 1. The van der Waals surface area contributed by atoms with Gasteiger partial charge in [0.25, 0.3) is 5.69 Å². The second-order valence-corrected chi connectivity index (χ2v) is 7.37. The lowest BCUT2D eigenvalue weighted by Crippen LogP contribution is -2.38. The Kier molecular flexibility index (Phi) is 3.25. The van der Waals surface area contributed by atoms with Gasteiger partial charge in [-0.25, -0.2) is 13.1 Å². The van der Waals surface area contributed by atoms with Crippen LogP contribution in [0.5, 0.6) is 0 Å². The molecule has 6 nitrogen and oxygen atoms in total. The van der Waals surface area contributed by atoms with E-state index in [1.165, 1.54) is 24.6 Å². The van der Waals surface area contributed by atoms with Gasteiger partial charge in [0.2, 0.25) is 10.0 Å². The van der Waals surface area contributed by atoms with Gasteiger partial charge < -0.3 is 0 Å². The summed E-state index contributed by atoms with van der Waals surface area (Å²) >= 11 is 0. The lowest BCUT2D eigenvalue weighted by molar-refractivity contribution is -0.385. The summed E-state index contributed by atoms with van der Waals surface area (Å²) in [6.07, 6.45) is 4.26. The largest absolute Gasteiger partial charge is 0.270 e. The number of nitrogens with zero attached hydrogens (tertiary/aromatic N) is 1. The molecule has 20 heavy (non-hydrogen) atoms. The standard InChI is InChI=1S/C13H16N2O4S/c16-15(17)11-2-1-3-12(8-11)20(18,19)14-13-7-9-4-5-10(13)6-9/h1-3,8-10,13-14H,4-7H2/t9-,10-,13+/m1/s1. The maximum Gasteiger partial charge on any atom is 0.270 e. The predicted octanol–water partition coefficient (Wildman–Crippen LogP) is 2.06. The summed E-state index contributed by atoms with van der Waals surface area (Å²) in [6, 6.07) is 5.17. The van der Waals surface area contributed by atoms with Crippen LogP contribution in [0, 0.1) is 22.0 Å². The van der Waals surface area contributed by atoms with E-state index < -0.39 is 14.9 Å². The van der Waals surface area contributed by atoms with E-state index in [-0.39, 0.29) is 16.6 Å². The molecule has 0 aromatic heterocycles. The highest BCUT2D eigenvalue weighted by molar-refractivity contribution is 7.89. The summed E-state index contributed by atoms with van der Waals surface area (Å²) in [5.74, 6) is 1.06. The van der Waals surface area contributed by atoms with Crippen LogP contribution in [0.4, 0.5) is 5.69 Å². The first-order chi connectivity index (χ1) is 9.45.